The van der Waals surface area contributed by atoms with Crippen molar-refractivity contribution < 1.29 is 9.90 Å². The van der Waals surface area contributed by atoms with Gasteiger partial charge in [0.15, 0.2) is 0 Å². The van der Waals surface area contributed by atoms with Gasteiger partial charge in [-0.1, -0.05) is 0 Å². The van der Waals surface area contributed by atoms with Crippen LogP contribution < -0.4 is 11.1 Å². The van der Waals surface area contributed by atoms with Gasteiger partial charge in [0, 0.05) is 13.0 Å². The van der Waals surface area contributed by atoms with Gasteiger partial charge < -0.3 is 16.2 Å². The first-order valence-electron chi connectivity index (χ1n) is 3.87. The van der Waals surface area contributed by atoms with Crippen LogP contribution in [0.15, 0.2) is 0 Å². The van der Waals surface area contributed by atoms with Gasteiger partial charge in [0.05, 0.1) is 6.10 Å². The number of piperidine rings is 1. The molecule has 64 valence electrons. The van der Waals surface area contributed by atoms with Crippen molar-refractivity contribution in [1.29, 1.82) is 0 Å². The Hall–Kier alpha value is -0.610. The summed E-state index contributed by atoms with van der Waals surface area (Å²) in [7, 11) is 0. The van der Waals surface area contributed by atoms with Gasteiger partial charge in [-0.2, -0.15) is 0 Å². The van der Waals surface area contributed by atoms with E-state index in [1.807, 2.05) is 0 Å². The van der Waals surface area contributed by atoms with Crippen LogP contribution in [0.1, 0.15) is 12.8 Å². The number of β-amino-alcohol motifs (C(OH)–C–C–N with tert-alkyl or cyclic N) is 1. The number of carbonyl (C=O) groups is 1. The van der Waals surface area contributed by atoms with Gasteiger partial charge in [-0.15, -0.1) is 0 Å². The number of nitrogens with two attached hydrogens (primary N) is 1. The summed E-state index contributed by atoms with van der Waals surface area (Å²) >= 11 is 0. The molecule has 0 bridgehead atoms. The molecule has 0 unspecified atom stereocenters. The van der Waals surface area contributed by atoms with Gasteiger partial charge in [0.25, 0.3) is 0 Å². The van der Waals surface area contributed by atoms with Crippen molar-refractivity contribution in [2.24, 2.45) is 11.7 Å². The minimum absolute atomic E-state index is 0.0637. The van der Waals surface area contributed by atoms with Crippen molar-refractivity contribution in [2.75, 3.05) is 13.1 Å². The fourth-order valence-electron chi connectivity index (χ4n) is 1.39. The normalized spacial score (nSPS) is 31.7. The number of aliphatic hydroxyl groups excluding tert-OH is 1. The van der Waals surface area contributed by atoms with Gasteiger partial charge in [-0.3, -0.25) is 4.79 Å². The molecule has 0 radical (unpaired) electrons. The molecule has 1 rings (SSSR count). The van der Waals surface area contributed by atoms with Crippen LogP contribution >= 0.6 is 0 Å². The van der Waals surface area contributed by atoms with Crippen molar-refractivity contribution in [1.82, 2.24) is 5.32 Å². The molecule has 0 spiro atoms. The summed E-state index contributed by atoms with van der Waals surface area (Å²) < 4.78 is 0. The van der Waals surface area contributed by atoms with Crippen molar-refractivity contribution in [2.45, 2.75) is 18.9 Å². The van der Waals surface area contributed by atoms with E-state index >= 15 is 0 Å². The second-order valence-corrected chi connectivity index (χ2v) is 2.99. The molecule has 0 saturated carbocycles. The summed E-state index contributed by atoms with van der Waals surface area (Å²) in [4.78, 5) is 10.5. The molecule has 2 atom stereocenters. The Labute approximate surface area is 65.8 Å². The Kier molecular flexibility index (Phi) is 2.84. The Morgan fingerprint density at radius 1 is 1.73 bits per heavy atom. The molecule has 0 aromatic heterocycles. The number of carbonyl (C=O) groups excluding carboxylic acids is 1. The number of amides is 1. The Bertz CT molecular complexity index is 149. The van der Waals surface area contributed by atoms with Crippen LogP contribution in [0.5, 0.6) is 0 Å². The molecule has 0 aliphatic carbocycles. The molecule has 1 saturated heterocycles. The molecule has 1 aliphatic rings. The lowest BCUT2D eigenvalue weighted by atomic mass is 9.92. The van der Waals surface area contributed by atoms with Crippen molar-refractivity contribution in [3.8, 4) is 0 Å². The van der Waals surface area contributed by atoms with Crippen LogP contribution in [-0.4, -0.2) is 30.2 Å². The quantitative estimate of drug-likeness (QED) is 0.474. The predicted molar refractivity (Wildman–Crippen MR) is 40.8 cm³/mol. The molecule has 4 nitrogen and oxygen atoms in total. The fourth-order valence-corrected chi connectivity index (χ4v) is 1.39. The van der Waals surface area contributed by atoms with Crippen LogP contribution in [0.3, 0.4) is 0 Å². The first kappa shape index (κ1) is 8.49. The van der Waals surface area contributed by atoms with Crippen molar-refractivity contribution in [3.05, 3.63) is 0 Å². The average Bonchev–Trinajstić information content (AvgIpc) is 1.93. The molecule has 0 aromatic rings. The summed E-state index contributed by atoms with van der Waals surface area (Å²) in [6.45, 7) is 1.45. The smallest absolute Gasteiger partial charge is 0.217 e. The van der Waals surface area contributed by atoms with E-state index < -0.39 is 6.10 Å². The lowest BCUT2D eigenvalue weighted by Gasteiger charge is -2.27. The Morgan fingerprint density at radius 3 is 3.00 bits per heavy atom. The zero-order valence-electron chi connectivity index (χ0n) is 6.42. The molecular weight excluding hydrogens is 144 g/mol. The van der Waals surface area contributed by atoms with E-state index in [0.29, 0.717) is 13.0 Å². The fraction of sp³-hybridized carbons (Fsp3) is 0.857. The number of rotatable bonds is 2. The first-order valence-corrected chi connectivity index (χ1v) is 3.87. The van der Waals surface area contributed by atoms with Gasteiger partial charge in [0.1, 0.15) is 0 Å². The van der Waals surface area contributed by atoms with Gasteiger partial charge in [-0.25, -0.2) is 0 Å². The molecule has 1 amide bonds. The third-order valence-corrected chi connectivity index (χ3v) is 2.05. The largest absolute Gasteiger partial charge is 0.391 e. The number of hydrogen-bond acceptors (Lipinski definition) is 3. The Balaban J connectivity index is 2.35. The monoisotopic (exact) mass is 158 g/mol. The topological polar surface area (TPSA) is 75.4 Å². The van der Waals surface area contributed by atoms with Crippen LogP contribution in [0, 0.1) is 5.92 Å². The Morgan fingerprint density at radius 2 is 2.45 bits per heavy atom. The molecule has 1 aliphatic heterocycles. The summed E-state index contributed by atoms with van der Waals surface area (Å²) in [6, 6.07) is 0. The van der Waals surface area contributed by atoms with Crippen LogP contribution in [0.4, 0.5) is 0 Å². The van der Waals surface area contributed by atoms with E-state index in [4.69, 9.17) is 5.73 Å². The lowest BCUT2D eigenvalue weighted by Crippen LogP contribution is -2.41. The predicted octanol–water partition coefficient (Wildman–Crippen LogP) is -1.17. The molecule has 1 heterocycles. The summed E-state index contributed by atoms with van der Waals surface area (Å²) in [6.07, 6.45) is 0.740. The highest BCUT2D eigenvalue weighted by Gasteiger charge is 2.23. The van der Waals surface area contributed by atoms with E-state index in [0.717, 1.165) is 13.0 Å². The molecule has 4 heteroatoms. The third-order valence-electron chi connectivity index (χ3n) is 2.05. The number of primary amides is 1. The molecule has 4 N–H and O–H groups in total. The second-order valence-electron chi connectivity index (χ2n) is 2.99. The highest BCUT2D eigenvalue weighted by atomic mass is 16.3. The zero-order chi connectivity index (χ0) is 8.27. The lowest BCUT2D eigenvalue weighted by molar-refractivity contribution is -0.120. The van der Waals surface area contributed by atoms with E-state index in [-0.39, 0.29) is 11.8 Å². The second kappa shape index (κ2) is 3.69. The molecule has 1 fully saturated rings. The van der Waals surface area contributed by atoms with E-state index in [2.05, 4.69) is 5.32 Å². The highest BCUT2D eigenvalue weighted by molar-refractivity contribution is 5.74. The average molecular weight is 158 g/mol. The maximum absolute atomic E-state index is 10.5. The highest BCUT2D eigenvalue weighted by Crippen LogP contribution is 2.15. The maximum Gasteiger partial charge on any atom is 0.217 e. The van der Waals surface area contributed by atoms with Crippen LogP contribution in [0.2, 0.25) is 0 Å². The standard InChI is InChI=1S/C7H14N2O2/c8-7(11)3-5-1-2-9-4-6(5)10/h5-6,9-10H,1-4H2,(H2,8,11)/t5-,6-/m1/s1. The maximum atomic E-state index is 10.5. The van der Waals surface area contributed by atoms with Gasteiger partial charge in [0.2, 0.25) is 5.91 Å². The SMILES string of the molecule is NC(=O)C[C@H]1CCNC[C@H]1O. The van der Waals surface area contributed by atoms with E-state index in [1.165, 1.54) is 0 Å². The molecule has 0 aromatic carbocycles. The first-order chi connectivity index (χ1) is 5.20. The molecule has 11 heavy (non-hydrogen) atoms. The number of hydrogen-bond donors (Lipinski definition) is 3. The van der Waals surface area contributed by atoms with Crippen LogP contribution in [-0.2, 0) is 4.79 Å². The number of aliphatic hydroxyl groups is 1. The summed E-state index contributed by atoms with van der Waals surface area (Å²) in [5, 5.41) is 12.4. The summed E-state index contributed by atoms with van der Waals surface area (Å²) in [5.74, 6) is -0.260. The molecular formula is C7H14N2O2. The van der Waals surface area contributed by atoms with E-state index in [9.17, 15) is 9.90 Å². The summed E-state index contributed by atoms with van der Waals surface area (Å²) in [5.41, 5.74) is 5.02. The zero-order valence-corrected chi connectivity index (χ0v) is 6.42. The van der Waals surface area contributed by atoms with Gasteiger partial charge in [-0.05, 0) is 18.9 Å². The minimum Gasteiger partial charge on any atom is -0.391 e. The third kappa shape index (κ3) is 2.48. The van der Waals surface area contributed by atoms with Crippen molar-refractivity contribution in [3.63, 3.8) is 0 Å². The van der Waals surface area contributed by atoms with Crippen LogP contribution in [0.25, 0.3) is 0 Å². The van der Waals surface area contributed by atoms with Crippen molar-refractivity contribution >= 4 is 5.91 Å². The van der Waals surface area contributed by atoms with E-state index in [1.54, 1.807) is 0 Å². The number of nitrogens with one attached hydrogen (secondary N) is 1. The van der Waals surface area contributed by atoms with Gasteiger partial charge >= 0.3 is 0 Å². The minimum atomic E-state index is -0.406.